The molecule has 0 aliphatic heterocycles. The lowest BCUT2D eigenvalue weighted by atomic mass is 9.95. The summed E-state index contributed by atoms with van der Waals surface area (Å²) in [6, 6.07) is 57.2. The van der Waals surface area contributed by atoms with Crippen LogP contribution in [0.25, 0.3) is 94.1 Å². The first-order valence-corrected chi connectivity index (χ1v) is 16.2. The van der Waals surface area contributed by atoms with Gasteiger partial charge in [0.1, 0.15) is 11.2 Å². The lowest BCUT2D eigenvalue weighted by molar-refractivity contribution is 0.669. The molecule has 0 saturated carbocycles. The summed E-state index contributed by atoms with van der Waals surface area (Å²) in [7, 11) is 0. The van der Waals surface area contributed by atoms with Gasteiger partial charge in [0, 0.05) is 43.7 Å². The summed E-state index contributed by atoms with van der Waals surface area (Å²) >= 11 is 0. The van der Waals surface area contributed by atoms with Crippen molar-refractivity contribution in [2.75, 3.05) is 0 Å². The second-order valence-electron chi connectivity index (χ2n) is 12.2. The van der Waals surface area contributed by atoms with Gasteiger partial charge in [-0.25, -0.2) is 9.97 Å². The fourth-order valence-electron chi connectivity index (χ4n) is 7.23. The van der Waals surface area contributed by atoms with Crippen LogP contribution in [0.5, 0.6) is 0 Å². The van der Waals surface area contributed by atoms with Crippen molar-refractivity contribution >= 4 is 54.6 Å². The molecule has 7 aromatic carbocycles. The average molecular weight is 614 g/mol. The van der Waals surface area contributed by atoms with Crippen LogP contribution in [0.2, 0.25) is 0 Å². The molecule has 0 N–H and O–H groups in total. The molecule has 0 unspecified atom stereocenters. The predicted octanol–water partition coefficient (Wildman–Crippen LogP) is 11.6. The lowest BCUT2D eigenvalue weighted by Crippen LogP contribution is -1.96. The summed E-state index contributed by atoms with van der Waals surface area (Å²) in [6.07, 6.45) is 0. The number of para-hydroxylation sites is 4. The van der Waals surface area contributed by atoms with E-state index in [1.54, 1.807) is 0 Å². The molecule has 0 spiro atoms. The van der Waals surface area contributed by atoms with Crippen LogP contribution in [-0.2, 0) is 0 Å². The van der Waals surface area contributed by atoms with Gasteiger partial charge in [-0.15, -0.1) is 0 Å². The number of fused-ring (bicyclic) bond motifs is 7. The third-order valence-corrected chi connectivity index (χ3v) is 9.39. The first-order chi connectivity index (χ1) is 23.8. The number of rotatable bonds is 4. The minimum absolute atomic E-state index is 0.665. The molecule has 0 aliphatic rings. The van der Waals surface area contributed by atoms with E-state index in [2.05, 4.69) is 138 Å². The SMILES string of the molecule is c1ccc(-c2nc(-c3cc(-c4ccc5c(c4)c4ccccc4n5-c4ccccc4)c4c(c3)oc3ccccc34)nc3ccccc23)cc1. The molecule has 4 heteroatoms. The van der Waals surface area contributed by atoms with Gasteiger partial charge >= 0.3 is 0 Å². The highest BCUT2D eigenvalue weighted by Crippen LogP contribution is 2.42. The maximum atomic E-state index is 6.54. The quantitative estimate of drug-likeness (QED) is 0.198. The Labute approximate surface area is 276 Å². The molecule has 224 valence electrons. The van der Waals surface area contributed by atoms with Gasteiger partial charge in [-0.2, -0.15) is 0 Å². The smallest absolute Gasteiger partial charge is 0.160 e. The fourth-order valence-corrected chi connectivity index (χ4v) is 7.23. The van der Waals surface area contributed by atoms with E-state index in [1.165, 1.54) is 21.8 Å². The van der Waals surface area contributed by atoms with Crippen molar-refractivity contribution in [2.45, 2.75) is 0 Å². The normalized spacial score (nSPS) is 11.8. The lowest BCUT2D eigenvalue weighted by Gasteiger charge is -2.12. The van der Waals surface area contributed by atoms with Gasteiger partial charge in [0.2, 0.25) is 0 Å². The molecular formula is C44H27N3O. The molecule has 0 amide bonds. The van der Waals surface area contributed by atoms with E-state index in [0.29, 0.717) is 5.82 Å². The zero-order valence-corrected chi connectivity index (χ0v) is 25.8. The topological polar surface area (TPSA) is 43.9 Å². The van der Waals surface area contributed by atoms with E-state index in [4.69, 9.17) is 14.4 Å². The van der Waals surface area contributed by atoms with Gasteiger partial charge in [0.05, 0.1) is 22.2 Å². The van der Waals surface area contributed by atoms with E-state index >= 15 is 0 Å². The number of furan rings is 1. The van der Waals surface area contributed by atoms with Crippen LogP contribution in [0, 0.1) is 0 Å². The Kier molecular flexibility index (Phi) is 5.84. The highest BCUT2D eigenvalue weighted by molar-refractivity contribution is 6.16. The van der Waals surface area contributed by atoms with E-state index < -0.39 is 0 Å². The van der Waals surface area contributed by atoms with Gasteiger partial charge in [0.25, 0.3) is 0 Å². The summed E-state index contributed by atoms with van der Waals surface area (Å²) in [4.78, 5) is 10.3. The van der Waals surface area contributed by atoms with Crippen LogP contribution in [0.15, 0.2) is 168 Å². The molecular weight excluding hydrogens is 587 g/mol. The first-order valence-electron chi connectivity index (χ1n) is 16.2. The Balaban J connectivity index is 1.26. The van der Waals surface area contributed by atoms with Crippen LogP contribution >= 0.6 is 0 Å². The second kappa shape index (κ2) is 10.5. The largest absolute Gasteiger partial charge is 0.456 e. The summed E-state index contributed by atoms with van der Waals surface area (Å²) < 4.78 is 8.89. The molecule has 10 rings (SSSR count). The van der Waals surface area contributed by atoms with Crippen molar-refractivity contribution in [2.24, 2.45) is 0 Å². The minimum Gasteiger partial charge on any atom is -0.456 e. The molecule has 0 atom stereocenters. The Morgan fingerprint density at radius 2 is 1.12 bits per heavy atom. The van der Waals surface area contributed by atoms with E-state index in [0.717, 1.165) is 66.5 Å². The molecule has 0 bridgehead atoms. The van der Waals surface area contributed by atoms with Crippen LogP contribution < -0.4 is 0 Å². The molecule has 0 fully saturated rings. The highest BCUT2D eigenvalue weighted by Gasteiger charge is 2.20. The standard InChI is InChI=1S/C44H27N3O/c1-3-13-28(14-4-1)43-33-18-7-10-20-37(33)45-44(46-43)30-26-35(42-34-19-9-12-22-40(34)48-41(42)27-30)29-23-24-39-36(25-29)32-17-8-11-21-38(32)47(39)31-15-5-2-6-16-31/h1-27H. The molecule has 0 saturated heterocycles. The Hall–Kier alpha value is -6.52. The van der Waals surface area contributed by atoms with Crippen molar-refractivity contribution in [1.29, 1.82) is 0 Å². The first kappa shape index (κ1) is 26.7. The number of benzene rings is 7. The summed E-state index contributed by atoms with van der Waals surface area (Å²) in [6.45, 7) is 0. The van der Waals surface area contributed by atoms with E-state index in [-0.39, 0.29) is 0 Å². The Morgan fingerprint density at radius 3 is 1.98 bits per heavy atom. The highest BCUT2D eigenvalue weighted by atomic mass is 16.3. The maximum absolute atomic E-state index is 6.54. The maximum Gasteiger partial charge on any atom is 0.160 e. The van der Waals surface area contributed by atoms with Crippen LogP contribution in [0.4, 0.5) is 0 Å². The number of aromatic nitrogens is 3. The van der Waals surface area contributed by atoms with Crippen molar-refractivity contribution in [1.82, 2.24) is 14.5 Å². The van der Waals surface area contributed by atoms with Crippen LogP contribution in [0.1, 0.15) is 0 Å². The Bertz CT molecular complexity index is 2830. The minimum atomic E-state index is 0.665. The number of hydrogen-bond acceptors (Lipinski definition) is 3. The van der Waals surface area contributed by atoms with Crippen molar-refractivity contribution in [3.8, 4) is 39.5 Å². The molecule has 0 aliphatic carbocycles. The van der Waals surface area contributed by atoms with Crippen molar-refractivity contribution in [3.05, 3.63) is 164 Å². The van der Waals surface area contributed by atoms with Crippen molar-refractivity contribution in [3.63, 3.8) is 0 Å². The molecule has 48 heavy (non-hydrogen) atoms. The van der Waals surface area contributed by atoms with E-state index in [9.17, 15) is 0 Å². The predicted molar refractivity (Wildman–Crippen MR) is 197 cm³/mol. The summed E-state index contributed by atoms with van der Waals surface area (Å²) in [5.74, 6) is 0.665. The average Bonchev–Trinajstić information content (AvgIpc) is 3.70. The summed E-state index contributed by atoms with van der Waals surface area (Å²) in [5.41, 5.74) is 11.1. The summed E-state index contributed by atoms with van der Waals surface area (Å²) in [5, 5.41) is 5.62. The van der Waals surface area contributed by atoms with Crippen LogP contribution in [-0.4, -0.2) is 14.5 Å². The van der Waals surface area contributed by atoms with Crippen LogP contribution in [0.3, 0.4) is 0 Å². The van der Waals surface area contributed by atoms with Crippen molar-refractivity contribution < 1.29 is 4.42 Å². The molecule has 10 aromatic rings. The van der Waals surface area contributed by atoms with Gasteiger partial charge in [-0.3, -0.25) is 0 Å². The zero-order valence-electron chi connectivity index (χ0n) is 25.8. The molecule has 3 heterocycles. The van der Waals surface area contributed by atoms with Gasteiger partial charge < -0.3 is 8.98 Å². The number of hydrogen-bond donors (Lipinski definition) is 0. The molecule has 0 radical (unpaired) electrons. The second-order valence-corrected chi connectivity index (χ2v) is 12.2. The number of nitrogens with zero attached hydrogens (tertiary/aromatic N) is 3. The van der Waals surface area contributed by atoms with Gasteiger partial charge in [-0.1, -0.05) is 109 Å². The van der Waals surface area contributed by atoms with Gasteiger partial charge in [-0.05, 0) is 65.7 Å². The third kappa shape index (κ3) is 4.10. The van der Waals surface area contributed by atoms with Gasteiger partial charge in [0.15, 0.2) is 5.82 Å². The molecule has 3 aromatic heterocycles. The fraction of sp³-hybridized carbons (Fsp3) is 0. The zero-order chi connectivity index (χ0) is 31.6. The van der Waals surface area contributed by atoms with E-state index in [1.807, 2.05) is 30.3 Å². The Morgan fingerprint density at radius 1 is 0.438 bits per heavy atom. The third-order valence-electron chi connectivity index (χ3n) is 9.39. The molecule has 4 nitrogen and oxygen atoms in total. The monoisotopic (exact) mass is 613 g/mol.